The molecule has 1 fully saturated rings. The quantitative estimate of drug-likeness (QED) is 0.429. The number of carbonyl (C=O) groups excluding carboxylic acids is 1. The van der Waals surface area contributed by atoms with E-state index in [9.17, 15) is 19.8 Å². The normalized spacial score (nSPS) is 20.4. The van der Waals surface area contributed by atoms with Gasteiger partial charge in [-0.15, -0.1) is 0 Å². The summed E-state index contributed by atoms with van der Waals surface area (Å²) in [5.41, 5.74) is 2.01. The van der Waals surface area contributed by atoms with Gasteiger partial charge in [-0.2, -0.15) is 8.75 Å². The highest BCUT2D eigenvalue weighted by Crippen LogP contribution is 2.38. The average Bonchev–Trinajstić information content (AvgIpc) is 3.52. The molecule has 32 heavy (non-hydrogen) atoms. The maximum absolute atomic E-state index is 13.6. The molecule has 0 amide bonds. The number of hydrogen-bond acceptors (Lipinski definition) is 8. The van der Waals surface area contributed by atoms with E-state index in [2.05, 4.69) is 8.75 Å². The Kier molecular flexibility index (Phi) is 5.36. The highest BCUT2D eigenvalue weighted by Gasteiger charge is 2.32. The van der Waals surface area contributed by atoms with E-state index in [0.29, 0.717) is 40.1 Å². The summed E-state index contributed by atoms with van der Waals surface area (Å²) in [5, 5.41) is 20.5. The first-order chi connectivity index (χ1) is 15.5. The molecule has 0 bridgehead atoms. The minimum atomic E-state index is -1.20. The third-order valence-electron chi connectivity index (χ3n) is 6.05. The SMILES string of the molecule is O=C(O)C(=C(CC1CCCC1O)C(=O)c1ccc2c(c1)OCO2)c1ccc2nsnc2c1. The molecule has 0 radical (unpaired) electrons. The van der Waals surface area contributed by atoms with Crippen molar-refractivity contribution in [2.75, 3.05) is 6.79 Å². The zero-order valence-electron chi connectivity index (χ0n) is 17.0. The van der Waals surface area contributed by atoms with E-state index in [-0.39, 0.29) is 30.3 Å². The van der Waals surface area contributed by atoms with Crippen LogP contribution in [0, 0.1) is 5.92 Å². The Morgan fingerprint density at radius 1 is 1.00 bits per heavy atom. The van der Waals surface area contributed by atoms with Gasteiger partial charge in [0.15, 0.2) is 17.3 Å². The van der Waals surface area contributed by atoms with Gasteiger partial charge in [-0.1, -0.05) is 12.5 Å². The lowest BCUT2D eigenvalue weighted by molar-refractivity contribution is -0.130. The lowest BCUT2D eigenvalue weighted by atomic mass is 9.86. The lowest BCUT2D eigenvalue weighted by Crippen LogP contribution is -2.19. The average molecular weight is 452 g/mol. The molecular weight excluding hydrogens is 432 g/mol. The van der Waals surface area contributed by atoms with Gasteiger partial charge in [0.05, 0.1) is 23.4 Å². The van der Waals surface area contributed by atoms with E-state index in [4.69, 9.17) is 9.47 Å². The maximum atomic E-state index is 13.6. The van der Waals surface area contributed by atoms with Gasteiger partial charge >= 0.3 is 5.97 Å². The van der Waals surface area contributed by atoms with Crippen LogP contribution in [0.4, 0.5) is 0 Å². The molecule has 3 aromatic rings. The number of rotatable bonds is 6. The second-order valence-electron chi connectivity index (χ2n) is 7.99. The molecule has 2 atom stereocenters. The Morgan fingerprint density at radius 3 is 2.56 bits per heavy atom. The number of aromatic nitrogens is 2. The number of aliphatic carboxylic acids is 1. The molecular formula is C23H20N2O6S. The van der Waals surface area contributed by atoms with Gasteiger partial charge < -0.3 is 19.7 Å². The van der Waals surface area contributed by atoms with Crippen LogP contribution in [0.5, 0.6) is 11.5 Å². The van der Waals surface area contributed by atoms with Gasteiger partial charge in [0.2, 0.25) is 6.79 Å². The number of ketones is 1. The Bertz CT molecular complexity index is 1250. The molecule has 2 aliphatic rings. The van der Waals surface area contributed by atoms with E-state index in [1.807, 2.05) is 0 Å². The van der Waals surface area contributed by atoms with Crippen LogP contribution in [0.15, 0.2) is 42.0 Å². The first-order valence-electron chi connectivity index (χ1n) is 10.3. The molecule has 2 heterocycles. The van der Waals surface area contributed by atoms with Gasteiger partial charge in [-0.3, -0.25) is 4.79 Å². The molecule has 9 heteroatoms. The molecule has 2 aromatic carbocycles. The van der Waals surface area contributed by atoms with Crippen LogP contribution in [0.2, 0.25) is 0 Å². The summed E-state index contributed by atoms with van der Waals surface area (Å²) in [7, 11) is 0. The number of carboxylic acids is 1. The molecule has 1 aromatic heterocycles. The van der Waals surface area contributed by atoms with E-state index in [1.165, 1.54) is 0 Å². The summed E-state index contributed by atoms with van der Waals surface area (Å²) in [4.78, 5) is 26.1. The summed E-state index contributed by atoms with van der Waals surface area (Å²) in [5.74, 6) is -0.802. The number of aliphatic hydroxyl groups excluding tert-OH is 1. The minimum absolute atomic E-state index is 0.0754. The fraction of sp³-hybridized carbons (Fsp3) is 0.304. The number of hydrogen-bond donors (Lipinski definition) is 2. The second-order valence-corrected chi connectivity index (χ2v) is 8.51. The number of benzene rings is 2. The smallest absolute Gasteiger partial charge is 0.336 e. The Balaban J connectivity index is 1.64. The minimum Gasteiger partial charge on any atom is -0.478 e. The van der Waals surface area contributed by atoms with Crippen LogP contribution >= 0.6 is 11.7 Å². The second kappa shape index (κ2) is 8.33. The van der Waals surface area contributed by atoms with Crippen molar-refractivity contribution in [3.8, 4) is 11.5 Å². The van der Waals surface area contributed by atoms with E-state index in [0.717, 1.165) is 24.6 Å². The Labute approximate surface area is 187 Å². The molecule has 8 nitrogen and oxygen atoms in total. The standard InChI is InChI=1S/C23H20N2O6S/c26-18-3-1-2-12(18)8-15(22(27)14-5-7-19-20(10-14)31-11-30-19)21(23(28)29)13-4-6-16-17(9-13)25-32-24-16/h4-7,9-10,12,18,26H,1-3,8,11H2,(H,28,29). The maximum Gasteiger partial charge on any atom is 0.336 e. The van der Waals surface area contributed by atoms with Crippen LogP contribution in [-0.2, 0) is 4.79 Å². The zero-order chi connectivity index (χ0) is 22.2. The van der Waals surface area contributed by atoms with Crippen molar-refractivity contribution in [3.05, 3.63) is 53.1 Å². The van der Waals surface area contributed by atoms with Gasteiger partial charge in [0.25, 0.3) is 0 Å². The van der Waals surface area contributed by atoms with Gasteiger partial charge in [0, 0.05) is 11.1 Å². The summed E-state index contributed by atoms with van der Waals surface area (Å²) in [6.45, 7) is 0.0754. The molecule has 1 aliphatic carbocycles. The van der Waals surface area contributed by atoms with Crippen LogP contribution in [0.25, 0.3) is 16.6 Å². The largest absolute Gasteiger partial charge is 0.478 e. The fourth-order valence-corrected chi connectivity index (χ4v) is 4.92. The monoisotopic (exact) mass is 452 g/mol. The number of aliphatic hydroxyl groups is 1. The zero-order valence-corrected chi connectivity index (χ0v) is 17.8. The highest BCUT2D eigenvalue weighted by molar-refractivity contribution is 7.00. The predicted octanol–water partition coefficient (Wildman–Crippen LogP) is 3.69. The van der Waals surface area contributed by atoms with Crippen molar-refractivity contribution >= 4 is 40.1 Å². The van der Waals surface area contributed by atoms with E-state index < -0.39 is 17.9 Å². The van der Waals surface area contributed by atoms with Crippen LogP contribution in [0.1, 0.15) is 41.6 Å². The van der Waals surface area contributed by atoms with E-state index >= 15 is 0 Å². The molecule has 0 spiro atoms. The number of ether oxygens (including phenoxy) is 2. The first-order valence-corrected chi connectivity index (χ1v) is 11.1. The lowest BCUT2D eigenvalue weighted by Gasteiger charge is -2.19. The number of allylic oxidation sites excluding steroid dienone is 1. The van der Waals surface area contributed by atoms with Gasteiger partial charge in [0.1, 0.15) is 11.0 Å². The molecule has 2 N–H and O–H groups in total. The summed E-state index contributed by atoms with van der Waals surface area (Å²) >= 11 is 1.04. The highest BCUT2D eigenvalue weighted by atomic mass is 32.1. The molecule has 2 unspecified atom stereocenters. The van der Waals surface area contributed by atoms with Crippen molar-refractivity contribution in [3.63, 3.8) is 0 Å². The number of carbonyl (C=O) groups is 2. The first kappa shape index (κ1) is 20.6. The van der Waals surface area contributed by atoms with Crippen molar-refractivity contribution in [2.24, 2.45) is 5.92 Å². The topological polar surface area (TPSA) is 119 Å². The Hall–Kier alpha value is -3.30. The molecule has 1 saturated carbocycles. The number of Topliss-reactive ketones (excluding diaryl/α,β-unsaturated/α-hetero) is 1. The Morgan fingerprint density at radius 2 is 1.78 bits per heavy atom. The van der Waals surface area contributed by atoms with Gasteiger partial charge in [-0.05, 0) is 61.1 Å². The fourth-order valence-electron chi connectivity index (χ4n) is 4.40. The molecule has 5 rings (SSSR count). The number of carboxylic acid groups (broad SMARTS) is 1. The third kappa shape index (κ3) is 3.74. The van der Waals surface area contributed by atoms with Crippen LogP contribution in [0.3, 0.4) is 0 Å². The van der Waals surface area contributed by atoms with Gasteiger partial charge in [-0.25, -0.2) is 4.79 Å². The number of fused-ring (bicyclic) bond motifs is 2. The van der Waals surface area contributed by atoms with E-state index in [1.54, 1.807) is 36.4 Å². The van der Waals surface area contributed by atoms with Crippen molar-refractivity contribution in [2.45, 2.75) is 31.8 Å². The summed E-state index contributed by atoms with van der Waals surface area (Å²) in [6, 6.07) is 9.80. The third-order valence-corrected chi connectivity index (χ3v) is 6.61. The van der Waals surface area contributed by atoms with Crippen molar-refractivity contribution in [1.82, 2.24) is 8.75 Å². The molecule has 0 saturated heterocycles. The predicted molar refractivity (Wildman–Crippen MR) is 117 cm³/mol. The van der Waals surface area contributed by atoms with Crippen LogP contribution < -0.4 is 9.47 Å². The molecule has 164 valence electrons. The number of nitrogens with zero attached hydrogens (tertiary/aromatic N) is 2. The summed E-state index contributed by atoms with van der Waals surface area (Å²) in [6.07, 6.45) is 1.84. The molecule has 1 aliphatic heterocycles. The van der Waals surface area contributed by atoms with Crippen LogP contribution in [-0.4, -0.2) is 43.6 Å². The van der Waals surface area contributed by atoms with Crippen molar-refractivity contribution in [1.29, 1.82) is 0 Å². The van der Waals surface area contributed by atoms with Crippen molar-refractivity contribution < 1.29 is 29.3 Å². The summed E-state index contributed by atoms with van der Waals surface area (Å²) < 4.78 is 19.1.